The molecule has 4 rings (SSSR count). The van der Waals surface area contributed by atoms with Crippen molar-refractivity contribution in [1.82, 2.24) is 14.7 Å². The molecule has 4 aromatic rings. The predicted molar refractivity (Wildman–Crippen MR) is 123 cm³/mol. The largest absolute Gasteiger partial charge is 0.494 e. The Hall–Kier alpha value is -3.72. The summed E-state index contributed by atoms with van der Waals surface area (Å²) in [6.07, 6.45) is 1.54. The number of hydrogen-bond acceptors (Lipinski definition) is 6. The molecular formula is C23H19BrN4O4. The molecule has 1 amide bonds. The second-order valence-corrected chi connectivity index (χ2v) is 7.71. The second-order valence-electron chi connectivity index (χ2n) is 6.79. The Morgan fingerprint density at radius 2 is 1.88 bits per heavy atom. The highest BCUT2D eigenvalue weighted by Crippen LogP contribution is 2.22. The molecular weight excluding hydrogens is 476 g/mol. The van der Waals surface area contributed by atoms with Crippen LogP contribution < -0.4 is 15.6 Å². The first-order valence-electron chi connectivity index (χ1n) is 9.85. The summed E-state index contributed by atoms with van der Waals surface area (Å²) in [5, 5.41) is 6.73. The molecule has 32 heavy (non-hydrogen) atoms. The van der Waals surface area contributed by atoms with Gasteiger partial charge < -0.3 is 19.1 Å². The zero-order chi connectivity index (χ0) is 22.5. The normalized spacial score (nSPS) is 10.7. The molecule has 0 unspecified atom stereocenters. The summed E-state index contributed by atoms with van der Waals surface area (Å²) < 4.78 is 12.9. The fourth-order valence-corrected chi connectivity index (χ4v) is 3.29. The van der Waals surface area contributed by atoms with E-state index in [9.17, 15) is 9.59 Å². The van der Waals surface area contributed by atoms with Crippen LogP contribution in [-0.4, -0.2) is 27.2 Å². The molecule has 0 saturated heterocycles. The van der Waals surface area contributed by atoms with Crippen molar-refractivity contribution >= 4 is 27.5 Å². The molecule has 0 spiro atoms. The lowest BCUT2D eigenvalue weighted by atomic mass is 10.2. The fraction of sp³-hybridized carbons (Fsp3) is 0.130. The van der Waals surface area contributed by atoms with Gasteiger partial charge >= 0.3 is 0 Å². The van der Waals surface area contributed by atoms with E-state index in [-0.39, 0.29) is 23.9 Å². The summed E-state index contributed by atoms with van der Waals surface area (Å²) in [6, 6.07) is 17.7. The fourth-order valence-electron chi connectivity index (χ4n) is 3.03. The van der Waals surface area contributed by atoms with E-state index >= 15 is 0 Å². The summed E-state index contributed by atoms with van der Waals surface area (Å²) in [6.45, 7) is 2.31. The first kappa shape index (κ1) is 21.5. The van der Waals surface area contributed by atoms with Crippen molar-refractivity contribution in [3.8, 4) is 28.6 Å². The monoisotopic (exact) mass is 494 g/mol. The molecule has 0 radical (unpaired) electrons. The summed E-state index contributed by atoms with van der Waals surface area (Å²) in [5.41, 5.74) is 1.19. The molecule has 0 aliphatic carbocycles. The SMILES string of the molecule is CCOc1ccc(NC(=O)Cn2cccc(-c3nc(-c4ccc(Br)cc4)no3)c2=O)cc1. The standard InChI is InChI=1S/C23H19BrN4O4/c1-2-31-18-11-9-17(10-12-18)25-20(29)14-28-13-3-4-19(23(28)30)22-26-21(27-32-22)15-5-7-16(24)8-6-15/h3-13H,2,14H2,1H3,(H,25,29). The minimum Gasteiger partial charge on any atom is -0.494 e. The second kappa shape index (κ2) is 9.61. The molecule has 0 fully saturated rings. The van der Waals surface area contributed by atoms with Crippen molar-refractivity contribution in [3.63, 3.8) is 0 Å². The van der Waals surface area contributed by atoms with E-state index in [4.69, 9.17) is 9.26 Å². The number of benzene rings is 2. The highest BCUT2D eigenvalue weighted by Gasteiger charge is 2.16. The lowest BCUT2D eigenvalue weighted by Crippen LogP contribution is -2.28. The van der Waals surface area contributed by atoms with E-state index in [0.717, 1.165) is 15.8 Å². The summed E-state index contributed by atoms with van der Waals surface area (Å²) >= 11 is 3.38. The van der Waals surface area contributed by atoms with Crippen LogP contribution in [0, 0.1) is 0 Å². The topological polar surface area (TPSA) is 99.2 Å². The van der Waals surface area contributed by atoms with Gasteiger partial charge in [-0.2, -0.15) is 4.98 Å². The van der Waals surface area contributed by atoms with Gasteiger partial charge in [0, 0.05) is 21.9 Å². The number of hydrogen-bond donors (Lipinski definition) is 1. The van der Waals surface area contributed by atoms with Gasteiger partial charge in [0.25, 0.3) is 11.4 Å². The molecule has 9 heteroatoms. The van der Waals surface area contributed by atoms with Crippen LogP contribution in [0.4, 0.5) is 5.69 Å². The maximum absolute atomic E-state index is 12.9. The van der Waals surface area contributed by atoms with Crippen LogP contribution >= 0.6 is 15.9 Å². The third-order valence-corrected chi connectivity index (χ3v) is 5.07. The molecule has 1 N–H and O–H groups in total. The molecule has 162 valence electrons. The number of amides is 1. The van der Waals surface area contributed by atoms with Crippen molar-refractivity contribution in [2.75, 3.05) is 11.9 Å². The van der Waals surface area contributed by atoms with Gasteiger partial charge in [0.05, 0.1) is 6.61 Å². The van der Waals surface area contributed by atoms with Crippen molar-refractivity contribution < 1.29 is 14.1 Å². The summed E-state index contributed by atoms with van der Waals surface area (Å²) in [4.78, 5) is 29.7. The summed E-state index contributed by atoms with van der Waals surface area (Å²) in [7, 11) is 0. The average molecular weight is 495 g/mol. The van der Waals surface area contributed by atoms with Crippen LogP contribution in [0.25, 0.3) is 22.8 Å². The first-order chi connectivity index (χ1) is 15.5. The third kappa shape index (κ3) is 4.94. The summed E-state index contributed by atoms with van der Waals surface area (Å²) in [5.74, 6) is 0.843. The van der Waals surface area contributed by atoms with Gasteiger partial charge in [-0.15, -0.1) is 0 Å². The van der Waals surface area contributed by atoms with Gasteiger partial charge in [-0.25, -0.2) is 0 Å². The van der Waals surface area contributed by atoms with Gasteiger partial charge in [-0.05, 0) is 67.6 Å². The van der Waals surface area contributed by atoms with E-state index in [2.05, 4.69) is 31.4 Å². The van der Waals surface area contributed by atoms with E-state index in [1.165, 1.54) is 10.8 Å². The average Bonchev–Trinajstić information content (AvgIpc) is 3.27. The number of pyridine rings is 1. The Bertz CT molecular complexity index is 1280. The van der Waals surface area contributed by atoms with Crippen LogP contribution in [0.1, 0.15) is 6.92 Å². The van der Waals surface area contributed by atoms with Crippen LogP contribution in [0.3, 0.4) is 0 Å². The van der Waals surface area contributed by atoms with Gasteiger partial charge in [-0.1, -0.05) is 21.1 Å². The van der Waals surface area contributed by atoms with Crippen molar-refractivity contribution in [1.29, 1.82) is 0 Å². The Balaban J connectivity index is 1.49. The number of rotatable bonds is 7. The quantitative estimate of drug-likeness (QED) is 0.409. The van der Waals surface area contributed by atoms with Gasteiger partial charge in [0.1, 0.15) is 17.9 Å². The van der Waals surface area contributed by atoms with E-state index in [0.29, 0.717) is 18.1 Å². The third-order valence-electron chi connectivity index (χ3n) is 4.54. The molecule has 0 aliphatic rings. The van der Waals surface area contributed by atoms with Gasteiger partial charge in [0.15, 0.2) is 0 Å². The Labute approximate surface area is 192 Å². The van der Waals surface area contributed by atoms with E-state index in [1.54, 1.807) is 36.4 Å². The first-order valence-corrected chi connectivity index (χ1v) is 10.6. The number of nitrogens with one attached hydrogen (secondary N) is 1. The van der Waals surface area contributed by atoms with Crippen molar-refractivity contribution in [3.05, 3.63) is 81.7 Å². The number of ether oxygens (including phenoxy) is 1. The van der Waals surface area contributed by atoms with Crippen LogP contribution in [0.15, 0.2) is 80.7 Å². The lowest BCUT2D eigenvalue weighted by Gasteiger charge is -2.09. The molecule has 8 nitrogen and oxygen atoms in total. The Morgan fingerprint density at radius 1 is 1.12 bits per heavy atom. The van der Waals surface area contributed by atoms with Crippen LogP contribution in [0.2, 0.25) is 0 Å². The Morgan fingerprint density at radius 3 is 2.59 bits per heavy atom. The molecule has 2 aromatic heterocycles. The number of carbonyl (C=O) groups is 1. The molecule has 0 atom stereocenters. The lowest BCUT2D eigenvalue weighted by molar-refractivity contribution is -0.116. The highest BCUT2D eigenvalue weighted by molar-refractivity contribution is 9.10. The highest BCUT2D eigenvalue weighted by atomic mass is 79.9. The smallest absolute Gasteiger partial charge is 0.263 e. The molecule has 0 saturated carbocycles. The van der Waals surface area contributed by atoms with Gasteiger partial charge in [0.2, 0.25) is 11.7 Å². The maximum atomic E-state index is 12.9. The number of halogens is 1. The molecule has 2 heterocycles. The zero-order valence-electron chi connectivity index (χ0n) is 17.1. The van der Waals surface area contributed by atoms with E-state index in [1.807, 2.05) is 31.2 Å². The molecule has 2 aromatic carbocycles. The number of nitrogens with zero attached hydrogens (tertiary/aromatic N) is 3. The zero-order valence-corrected chi connectivity index (χ0v) is 18.7. The molecule has 0 aliphatic heterocycles. The number of anilines is 1. The minimum absolute atomic E-state index is 0.0918. The number of carbonyl (C=O) groups excluding carboxylic acids is 1. The minimum atomic E-state index is -0.402. The number of aromatic nitrogens is 3. The van der Waals surface area contributed by atoms with Crippen molar-refractivity contribution in [2.24, 2.45) is 0 Å². The van der Waals surface area contributed by atoms with E-state index < -0.39 is 5.56 Å². The maximum Gasteiger partial charge on any atom is 0.263 e. The van der Waals surface area contributed by atoms with Gasteiger partial charge in [-0.3, -0.25) is 9.59 Å². The molecule has 0 bridgehead atoms. The predicted octanol–water partition coefficient (Wildman–Crippen LogP) is 4.37. The van der Waals surface area contributed by atoms with Crippen LogP contribution in [0.5, 0.6) is 5.75 Å². The van der Waals surface area contributed by atoms with Crippen LogP contribution in [-0.2, 0) is 11.3 Å². The Kier molecular flexibility index (Phi) is 6.46. The van der Waals surface area contributed by atoms with Crippen molar-refractivity contribution in [2.45, 2.75) is 13.5 Å².